The molecule has 20 heavy (non-hydrogen) atoms. The lowest BCUT2D eigenvalue weighted by Crippen LogP contribution is -2.33. The summed E-state index contributed by atoms with van der Waals surface area (Å²) in [5.74, 6) is 0.737. The molecule has 2 fully saturated rings. The number of carbonyl (C=O) groups excluding carboxylic acids is 1. The van der Waals surface area contributed by atoms with Crippen LogP contribution in [0.3, 0.4) is 0 Å². The molecule has 0 radical (unpaired) electrons. The fourth-order valence-corrected chi connectivity index (χ4v) is 3.32. The molecule has 1 aromatic rings. The number of nitrogens with two attached hydrogens (primary N) is 1. The SMILES string of the molecule is N[C@H]1CN(C(=O)Cc2cc(F)cc(Cl)c2)C[C@@H]1C1CC1. The Morgan fingerprint density at radius 3 is 2.75 bits per heavy atom. The fourth-order valence-electron chi connectivity index (χ4n) is 3.08. The van der Waals surface area contributed by atoms with Gasteiger partial charge in [0.2, 0.25) is 5.91 Å². The number of rotatable bonds is 3. The maximum atomic E-state index is 13.3. The van der Waals surface area contributed by atoms with Gasteiger partial charge in [0.1, 0.15) is 5.82 Å². The smallest absolute Gasteiger partial charge is 0.227 e. The standard InChI is InChI=1S/C15H18ClFN2O/c16-11-3-9(4-12(17)6-11)5-15(20)19-7-13(10-1-2-10)14(18)8-19/h3-4,6,10,13-14H,1-2,5,7-8,18H2/t13-,14+/m1/s1. The second kappa shape index (κ2) is 5.34. The van der Waals surface area contributed by atoms with Gasteiger partial charge in [0.15, 0.2) is 0 Å². The van der Waals surface area contributed by atoms with Gasteiger partial charge >= 0.3 is 0 Å². The molecule has 1 aliphatic carbocycles. The third kappa shape index (κ3) is 2.96. The van der Waals surface area contributed by atoms with Gasteiger partial charge in [0.25, 0.3) is 0 Å². The number of hydrogen-bond acceptors (Lipinski definition) is 2. The van der Waals surface area contributed by atoms with Crippen molar-refractivity contribution in [3.8, 4) is 0 Å². The van der Waals surface area contributed by atoms with Gasteiger partial charge in [-0.3, -0.25) is 4.79 Å². The summed E-state index contributed by atoms with van der Waals surface area (Å²) in [6.07, 6.45) is 2.65. The summed E-state index contributed by atoms with van der Waals surface area (Å²) in [5.41, 5.74) is 6.73. The molecule has 3 rings (SSSR count). The Bertz CT molecular complexity index is 512. The molecule has 2 N–H and O–H groups in total. The van der Waals surface area contributed by atoms with Crippen molar-refractivity contribution in [1.29, 1.82) is 0 Å². The van der Waals surface area contributed by atoms with E-state index in [1.807, 2.05) is 4.90 Å². The third-order valence-electron chi connectivity index (χ3n) is 4.27. The molecule has 1 saturated heterocycles. The minimum absolute atomic E-state index is 0.00488. The molecule has 1 heterocycles. The maximum absolute atomic E-state index is 13.3. The van der Waals surface area contributed by atoms with Crippen molar-refractivity contribution in [2.45, 2.75) is 25.3 Å². The first kappa shape index (κ1) is 13.8. The van der Waals surface area contributed by atoms with Gasteiger partial charge in [-0.1, -0.05) is 11.6 Å². The van der Waals surface area contributed by atoms with Gasteiger partial charge in [-0.2, -0.15) is 0 Å². The Morgan fingerprint density at radius 2 is 2.10 bits per heavy atom. The van der Waals surface area contributed by atoms with Gasteiger partial charge in [-0.05, 0) is 48.4 Å². The molecule has 0 aromatic heterocycles. The maximum Gasteiger partial charge on any atom is 0.227 e. The second-order valence-corrected chi connectivity index (χ2v) is 6.35. The number of benzene rings is 1. The summed E-state index contributed by atoms with van der Waals surface area (Å²) in [6, 6.07) is 4.32. The molecule has 5 heteroatoms. The third-order valence-corrected chi connectivity index (χ3v) is 4.49. The zero-order chi connectivity index (χ0) is 14.3. The van der Waals surface area contributed by atoms with Gasteiger partial charge < -0.3 is 10.6 Å². The normalized spacial score (nSPS) is 26.1. The lowest BCUT2D eigenvalue weighted by molar-refractivity contribution is -0.129. The predicted octanol–water partition coefficient (Wildman–Crippen LogP) is 2.22. The van der Waals surface area contributed by atoms with Crippen molar-refractivity contribution in [3.63, 3.8) is 0 Å². The highest BCUT2D eigenvalue weighted by molar-refractivity contribution is 6.30. The van der Waals surface area contributed by atoms with Gasteiger partial charge in [-0.25, -0.2) is 4.39 Å². The first-order chi connectivity index (χ1) is 9.52. The van der Waals surface area contributed by atoms with Crippen molar-refractivity contribution in [2.24, 2.45) is 17.6 Å². The summed E-state index contributed by atoms with van der Waals surface area (Å²) in [5, 5.41) is 0.321. The number of amides is 1. The minimum atomic E-state index is -0.408. The van der Waals surface area contributed by atoms with E-state index in [9.17, 15) is 9.18 Å². The highest BCUT2D eigenvalue weighted by atomic mass is 35.5. The van der Waals surface area contributed by atoms with Crippen LogP contribution >= 0.6 is 11.6 Å². The van der Waals surface area contributed by atoms with E-state index in [0.29, 0.717) is 29.0 Å². The van der Waals surface area contributed by atoms with Crippen LogP contribution < -0.4 is 5.73 Å². The van der Waals surface area contributed by atoms with Gasteiger partial charge in [0.05, 0.1) is 6.42 Å². The predicted molar refractivity (Wildman–Crippen MR) is 75.9 cm³/mol. The number of hydrogen-bond donors (Lipinski definition) is 1. The van der Waals surface area contributed by atoms with Crippen LogP contribution in [0.5, 0.6) is 0 Å². The lowest BCUT2D eigenvalue weighted by atomic mass is 9.99. The first-order valence-corrected chi connectivity index (χ1v) is 7.39. The van der Waals surface area contributed by atoms with Crippen molar-refractivity contribution >= 4 is 17.5 Å². The molecule has 1 amide bonds. The van der Waals surface area contributed by atoms with Crippen LogP contribution in [0.2, 0.25) is 5.02 Å². The zero-order valence-corrected chi connectivity index (χ0v) is 11.9. The van der Waals surface area contributed by atoms with Crippen molar-refractivity contribution in [2.75, 3.05) is 13.1 Å². The van der Waals surface area contributed by atoms with Crippen LogP contribution in [-0.2, 0) is 11.2 Å². The van der Waals surface area contributed by atoms with Crippen molar-refractivity contribution in [1.82, 2.24) is 4.90 Å². The second-order valence-electron chi connectivity index (χ2n) is 5.92. The molecule has 1 saturated carbocycles. The molecule has 0 unspecified atom stereocenters. The first-order valence-electron chi connectivity index (χ1n) is 7.01. The number of halogens is 2. The Labute approximate surface area is 122 Å². The molecule has 0 spiro atoms. The van der Waals surface area contributed by atoms with E-state index in [-0.39, 0.29) is 18.4 Å². The number of nitrogens with zero attached hydrogens (tertiary/aromatic N) is 1. The van der Waals surface area contributed by atoms with Crippen LogP contribution in [-0.4, -0.2) is 29.9 Å². The largest absolute Gasteiger partial charge is 0.340 e. The van der Waals surface area contributed by atoms with E-state index in [1.165, 1.54) is 25.0 Å². The Kier molecular flexibility index (Phi) is 3.69. The average Bonchev–Trinajstić information content (AvgIpc) is 3.11. The van der Waals surface area contributed by atoms with Crippen LogP contribution in [0.4, 0.5) is 4.39 Å². The van der Waals surface area contributed by atoms with E-state index >= 15 is 0 Å². The molecular weight excluding hydrogens is 279 g/mol. The molecular formula is C15H18ClFN2O. The van der Waals surface area contributed by atoms with E-state index in [1.54, 1.807) is 6.07 Å². The molecule has 3 nitrogen and oxygen atoms in total. The molecule has 1 aromatic carbocycles. The van der Waals surface area contributed by atoms with Crippen LogP contribution in [0.25, 0.3) is 0 Å². The Hall–Kier alpha value is -1.13. The minimum Gasteiger partial charge on any atom is -0.340 e. The van der Waals surface area contributed by atoms with Crippen LogP contribution in [0, 0.1) is 17.7 Å². The molecule has 0 bridgehead atoms. The topological polar surface area (TPSA) is 46.3 Å². The summed E-state index contributed by atoms with van der Waals surface area (Å²) in [4.78, 5) is 14.1. The highest BCUT2D eigenvalue weighted by Gasteiger charge is 2.41. The Balaban J connectivity index is 1.64. The monoisotopic (exact) mass is 296 g/mol. The molecule has 2 atom stereocenters. The summed E-state index contributed by atoms with van der Waals surface area (Å²) in [6.45, 7) is 1.36. The average molecular weight is 297 g/mol. The summed E-state index contributed by atoms with van der Waals surface area (Å²) >= 11 is 5.80. The Morgan fingerprint density at radius 1 is 1.35 bits per heavy atom. The van der Waals surface area contributed by atoms with E-state index in [2.05, 4.69) is 0 Å². The van der Waals surface area contributed by atoms with E-state index in [0.717, 1.165) is 6.54 Å². The van der Waals surface area contributed by atoms with Gasteiger partial charge in [-0.15, -0.1) is 0 Å². The summed E-state index contributed by atoms with van der Waals surface area (Å²) < 4.78 is 13.3. The molecule has 108 valence electrons. The van der Waals surface area contributed by atoms with Crippen molar-refractivity contribution in [3.05, 3.63) is 34.6 Å². The number of carbonyl (C=O) groups is 1. The lowest BCUT2D eigenvalue weighted by Gasteiger charge is -2.16. The molecule has 2 aliphatic rings. The van der Waals surface area contributed by atoms with E-state index in [4.69, 9.17) is 17.3 Å². The van der Waals surface area contributed by atoms with Crippen LogP contribution in [0.1, 0.15) is 18.4 Å². The van der Waals surface area contributed by atoms with E-state index < -0.39 is 5.82 Å². The van der Waals surface area contributed by atoms with Crippen molar-refractivity contribution < 1.29 is 9.18 Å². The fraction of sp³-hybridized carbons (Fsp3) is 0.533. The number of likely N-dealkylation sites (tertiary alicyclic amines) is 1. The summed E-state index contributed by atoms with van der Waals surface area (Å²) in [7, 11) is 0. The quantitative estimate of drug-likeness (QED) is 0.929. The van der Waals surface area contributed by atoms with Crippen LogP contribution in [0.15, 0.2) is 18.2 Å². The molecule has 1 aliphatic heterocycles. The van der Waals surface area contributed by atoms with Gasteiger partial charge in [0, 0.05) is 24.2 Å². The highest BCUT2D eigenvalue weighted by Crippen LogP contribution is 2.40. The zero-order valence-electron chi connectivity index (χ0n) is 11.2.